The molecule has 3 nitrogen and oxygen atoms in total. The minimum atomic E-state index is -0.274. The first-order valence-electron chi connectivity index (χ1n) is 6.27. The van der Waals surface area contributed by atoms with Gasteiger partial charge < -0.3 is 5.73 Å². The van der Waals surface area contributed by atoms with E-state index in [4.69, 9.17) is 5.73 Å². The van der Waals surface area contributed by atoms with Crippen LogP contribution in [0.15, 0.2) is 17.5 Å². The van der Waals surface area contributed by atoms with Gasteiger partial charge in [-0.25, -0.2) is 0 Å². The number of rotatable bonds is 5. The van der Waals surface area contributed by atoms with Crippen molar-refractivity contribution in [3.8, 4) is 0 Å². The second kappa shape index (κ2) is 5.65. The topological polar surface area (TPSA) is 55.1 Å². The molecule has 1 aliphatic carbocycles. The van der Waals surface area contributed by atoms with Crippen LogP contribution in [0, 0.1) is 5.92 Å². The van der Waals surface area contributed by atoms with E-state index in [1.165, 1.54) is 30.6 Å². The molecular formula is C13H20N2OS. The van der Waals surface area contributed by atoms with Crippen molar-refractivity contribution in [2.24, 2.45) is 11.7 Å². The van der Waals surface area contributed by atoms with Gasteiger partial charge in [0.2, 0.25) is 5.91 Å². The third-order valence-electron chi connectivity index (χ3n) is 3.58. The van der Waals surface area contributed by atoms with Crippen LogP contribution in [0.2, 0.25) is 0 Å². The lowest BCUT2D eigenvalue weighted by molar-refractivity contribution is -0.119. The fraction of sp³-hybridized carbons (Fsp3) is 0.615. The minimum absolute atomic E-state index is 0.261. The van der Waals surface area contributed by atoms with Crippen LogP contribution in [0.25, 0.3) is 0 Å². The van der Waals surface area contributed by atoms with Gasteiger partial charge in [0.25, 0.3) is 0 Å². The number of thiophene rings is 1. The summed E-state index contributed by atoms with van der Waals surface area (Å²) in [7, 11) is 0. The molecule has 0 aliphatic heterocycles. The lowest BCUT2D eigenvalue weighted by Gasteiger charge is -2.26. The molecule has 0 radical (unpaired) electrons. The van der Waals surface area contributed by atoms with Gasteiger partial charge in [-0.3, -0.25) is 10.1 Å². The van der Waals surface area contributed by atoms with Gasteiger partial charge in [0, 0.05) is 10.9 Å². The Morgan fingerprint density at radius 1 is 1.53 bits per heavy atom. The molecule has 1 aromatic heterocycles. The fourth-order valence-electron chi connectivity index (χ4n) is 2.56. The number of amides is 1. The van der Waals surface area contributed by atoms with Crippen LogP contribution in [0.4, 0.5) is 0 Å². The van der Waals surface area contributed by atoms with Crippen LogP contribution >= 0.6 is 11.3 Å². The summed E-state index contributed by atoms with van der Waals surface area (Å²) >= 11 is 1.76. The summed E-state index contributed by atoms with van der Waals surface area (Å²) in [6.07, 6.45) is 5.11. The molecule has 0 spiro atoms. The fourth-order valence-corrected chi connectivity index (χ4v) is 3.44. The summed E-state index contributed by atoms with van der Waals surface area (Å²) in [5.74, 6) is 0.375. The smallest absolute Gasteiger partial charge is 0.234 e. The number of hydrogen-bond acceptors (Lipinski definition) is 3. The third kappa shape index (κ3) is 3.07. The van der Waals surface area contributed by atoms with Crippen molar-refractivity contribution >= 4 is 17.2 Å². The van der Waals surface area contributed by atoms with E-state index in [1.54, 1.807) is 11.3 Å². The average molecular weight is 252 g/mol. The first kappa shape index (κ1) is 12.6. The summed E-state index contributed by atoms with van der Waals surface area (Å²) in [6, 6.07) is 4.25. The second-order valence-corrected chi connectivity index (χ2v) is 5.81. The van der Waals surface area contributed by atoms with Gasteiger partial charge in [-0.1, -0.05) is 18.9 Å². The molecule has 94 valence electrons. The normalized spacial score (nSPS) is 20.3. The van der Waals surface area contributed by atoms with E-state index >= 15 is 0 Å². The van der Waals surface area contributed by atoms with Crippen LogP contribution in [0.1, 0.15) is 43.5 Å². The van der Waals surface area contributed by atoms with Gasteiger partial charge in [0.15, 0.2) is 0 Å². The van der Waals surface area contributed by atoms with Gasteiger partial charge in [-0.05, 0) is 37.1 Å². The highest BCUT2D eigenvalue weighted by Crippen LogP contribution is 2.37. The molecule has 2 unspecified atom stereocenters. The van der Waals surface area contributed by atoms with Crippen LogP contribution in [-0.2, 0) is 4.79 Å². The second-order valence-electron chi connectivity index (χ2n) is 4.83. The van der Waals surface area contributed by atoms with E-state index in [1.807, 2.05) is 6.92 Å². The maximum atomic E-state index is 11.2. The molecule has 0 aromatic carbocycles. The molecule has 0 saturated heterocycles. The Hall–Kier alpha value is -0.870. The predicted octanol–water partition coefficient (Wildman–Crippen LogP) is 2.44. The lowest BCUT2D eigenvalue weighted by atomic mass is 9.96. The minimum Gasteiger partial charge on any atom is -0.368 e. The largest absolute Gasteiger partial charge is 0.368 e. The van der Waals surface area contributed by atoms with Gasteiger partial charge >= 0.3 is 0 Å². The van der Waals surface area contributed by atoms with Crippen molar-refractivity contribution in [2.75, 3.05) is 0 Å². The van der Waals surface area contributed by atoms with Crippen molar-refractivity contribution in [1.82, 2.24) is 5.32 Å². The zero-order valence-corrected chi connectivity index (χ0v) is 11.0. The highest BCUT2D eigenvalue weighted by atomic mass is 32.1. The maximum absolute atomic E-state index is 11.2. The monoisotopic (exact) mass is 252 g/mol. The molecular weight excluding hydrogens is 232 g/mol. The molecule has 0 bridgehead atoms. The quantitative estimate of drug-likeness (QED) is 0.845. The zero-order valence-electron chi connectivity index (χ0n) is 10.2. The zero-order chi connectivity index (χ0) is 12.3. The summed E-state index contributed by atoms with van der Waals surface area (Å²) < 4.78 is 0. The molecule has 1 aliphatic rings. The molecule has 17 heavy (non-hydrogen) atoms. The van der Waals surface area contributed by atoms with Crippen LogP contribution in [-0.4, -0.2) is 11.9 Å². The molecule has 2 rings (SSSR count). The molecule has 1 aromatic rings. The molecule has 1 amide bonds. The summed E-state index contributed by atoms with van der Waals surface area (Å²) in [5.41, 5.74) is 5.34. The van der Waals surface area contributed by atoms with Crippen molar-refractivity contribution in [1.29, 1.82) is 0 Å². The van der Waals surface area contributed by atoms with Gasteiger partial charge in [-0.2, -0.15) is 0 Å². The first-order chi connectivity index (χ1) is 8.18. The highest BCUT2D eigenvalue weighted by Gasteiger charge is 2.28. The third-order valence-corrected chi connectivity index (χ3v) is 4.53. The van der Waals surface area contributed by atoms with Crippen molar-refractivity contribution in [3.63, 3.8) is 0 Å². The number of primary amides is 1. The molecule has 1 fully saturated rings. The molecule has 2 atom stereocenters. The van der Waals surface area contributed by atoms with E-state index < -0.39 is 0 Å². The van der Waals surface area contributed by atoms with Gasteiger partial charge in [-0.15, -0.1) is 11.3 Å². The van der Waals surface area contributed by atoms with E-state index in [-0.39, 0.29) is 11.9 Å². The van der Waals surface area contributed by atoms with E-state index in [0.717, 1.165) is 0 Å². The Kier molecular flexibility index (Phi) is 4.18. The van der Waals surface area contributed by atoms with Crippen LogP contribution in [0.3, 0.4) is 0 Å². The SMILES string of the molecule is CC(NC(c1cccs1)C1CCCC1)C(N)=O. The Bertz CT molecular complexity index is 358. The number of carbonyl (C=O) groups is 1. The van der Waals surface area contributed by atoms with Gasteiger partial charge in [0.1, 0.15) is 0 Å². The Morgan fingerprint density at radius 3 is 2.76 bits per heavy atom. The molecule has 4 heteroatoms. The summed E-state index contributed by atoms with van der Waals surface area (Å²) in [5, 5.41) is 5.49. The number of nitrogens with two attached hydrogens (primary N) is 1. The molecule has 1 heterocycles. The van der Waals surface area contributed by atoms with Crippen molar-refractivity contribution < 1.29 is 4.79 Å². The highest BCUT2D eigenvalue weighted by molar-refractivity contribution is 7.10. The first-order valence-corrected chi connectivity index (χ1v) is 7.15. The standard InChI is InChI=1S/C13H20N2OS/c1-9(13(14)16)15-12(10-5-2-3-6-10)11-7-4-8-17-11/h4,7-10,12,15H,2-3,5-6H2,1H3,(H2,14,16). The van der Waals surface area contributed by atoms with E-state index in [0.29, 0.717) is 12.0 Å². The number of nitrogens with one attached hydrogen (secondary N) is 1. The Morgan fingerprint density at radius 2 is 2.24 bits per heavy atom. The molecule has 3 N–H and O–H groups in total. The number of hydrogen-bond donors (Lipinski definition) is 2. The summed E-state index contributed by atoms with van der Waals surface area (Å²) in [4.78, 5) is 12.5. The average Bonchev–Trinajstić information content (AvgIpc) is 2.98. The van der Waals surface area contributed by atoms with E-state index in [2.05, 4.69) is 22.8 Å². The van der Waals surface area contributed by atoms with Crippen LogP contribution < -0.4 is 11.1 Å². The van der Waals surface area contributed by atoms with E-state index in [9.17, 15) is 4.79 Å². The van der Waals surface area contributed by atoms with Gasteiger partial charge in [0.05, 0.1) is 6.04 Å². The summed E-state index contributed by atoms with van der Waals surface area (Å²) in [6.45, 7) is 1.85. The number of carbonyl (C=O) groups excluding carboxylic acids is 1. The maximum Gasteiger partial charge on any atom is 0.234 e. The Balaban J connectivity index is 2.09. The van der Waals surface area contributed by atoms with Crippen molar-refractivity contribution in [2.45, 2.75) is 44.7 Å². The predicted molar refractivity (Wildman–Crippen MR) is 70.8 cm³/mol. The van der Waals surface area contributed by atoms with Crippen LogP contribution in [0.5, 0.6) is 0 Å². The van der Waals surface area contributed by atoms with Crippen molar-refractivity contribution in [3.05, 3.63) is 22.4 Å². The Labute approximate surface area is 106 Å². The molecule has 1 saturated carbocycles. The lowest BCUT2D eigenvalue weighted by Crippen LogP contribution is -2.42.